The number of hydrogen-bond acceptors (Lipinski definition) is 4. The molecule has 1 aromatic heterocycles. The third kappa shape index (κ3) is 1.88. The second kappa shape index (κ2) is 3.81. The van der Waals surface area contributed by atoms with Gasteiger partial charge in [0.25, 0.3) is 0 Å². The topological polar surface area (TPSA) is 46.1 Å². The van der Waals surface area contributed by atoms with Crippen molar-refractivity contribution in [2.24, 2.45) is 0 Å². The predicted octanol–water partition coefficient (Wildman–Crippen LogP) is 1.05. The first-order valence-electron chi connectivity index (χ1n) is 4.89. The third-order valence-corrected chi connectivity index (χ3v) is 2.38. The molecule has 1 heterocycles. The van der Waals surface area contributed by atoms with Crippen LogP contribution in [0.3, 0.4) is 0 Å². The number of hydrogen-bond donors (Lipinski definition) is 0. The van der Waals surface area contributed by atoms with Crippen molar-refractivity contribution in [2.75, 3.05) is 14.1 Å². The summed E-state index contributed by atoms with van der Waals surface area (Å²) in [5, 5.41) is 0. The van der Waals surface area contributed by atoms with Crippen LogP contribution in [0, 0.1) is 0 Å². The number of aryl methyl sites for hydroxylation is 1. The minimum Gasteiger partial charge on any atom is -0.383 e. The number of carbonyl (C=O) groups excluding carboxylic acids is 1. The van der Waals surface area contributed by atoms with Crippen LogP contribution in [0.5, 0.6) is 0 Å². The Morgan fingerprint density at radius 2 is 2.20 bits per heavy atom. The highest BCUT2D eigenvalue weighted by atomic mass is 16.1. The van der Waals surface area contributed by atoms with Crippen LogP contribution in [0.1, 0.15) is 22.5 Å². The summed E-state index contributed by atoms with van der Waals surface area (Å²) in [6.45, 7) is 0. The molecule has 0 unspecified atom stereocenters. The smallest absolute Gasteiger partial charge is 0.193 e. The van der Waals surface area contributed by atoms with Gasteiger partial charge >= 0.3 is 0 Å². The van der Waals surface area contributed by atoms with Crippen molar-refractivity contribution in [1.29, 1.82) is 0 Å². The third-order valence-electron chi connectivity index (χ3n) is 2.38. The number of aromatic nitrogens is 2. The van der Waals surface area contributed by atoms with Crippen LogP contribution in [0.4, 0.5) is 0 Å². The molecule has 0 saturated carbocycles. The van der Waals surface area contributed by atoms with Crippen LogP contribution >= 0.6 is 0 Å². The highest BCUT2D eigenvalue weighted by Crippen LogP contribution is 2.22. The maximum Gasteiger partial charge on any atom is 0.193 e. The Morgan fingerprint density at radius 1 is 1.40 bits per heavy atom. The molecule has 0 N–H and O–H groups in total. The Bertz CT molecular complexity index is 424. The fraction of sp³-hybridized carbons (Fsp3) is 0.364. The van der Waals surface area contributed by atoms with Gasteiger partial charge in [0, 0.05) is 32.1 Å². The molecule has 0 spiro atoms. The van der Waals surface area contributed by atoms with E-state index in [2.05, 4.69) is 9.97 Å². The Balaban J connectivity index is 2.38. The van der Waals surface area contributed by atoms with Gasteiger partial charge in [-0.1, -0.05) is 0 Å². The number of Topliss-reactive ketones (excluding diaryl/α,β-unsaturated/α-hetero) is 1. The van der Waals surface area contributed by atoms with Gasteiger partial charge in [-0.05, 0) is 12.8 Å². The average molecular weight is 203 g/mol. The van der Waals surface area contributed by atoms with E-state index in [1.165, 1.54) is 6.33 Å². The van der Waals surface area contributed by atoms with Crippen LogP contribution in [-0.2, 0) is 6.42 Å². The van der Waals surface area contributed by atoms with E-state index in [4.69, 9.17) is 0 Å². The highest BCUT2D eigenvalue weighted by Gasteiger charge is 2.22. The number of nitrogens with zero attached hydrogens (tertiary/aromatic N) is 3. The highest BCUT2D eigenvalue weighted by molar-refractivity contribution is 6.10. The quantitative estimate of drug-likeness (QED) is 0.640. The standard InChI is InChI=1S/C11H13N3O/c1-14(2)6-8-3-4-10-9(11(8)15)5-12-7-13-10/h5-7H,3-4H2,1-2H3. The molecule has 0 aliphatic heterocycles. The van der Waals surface area contributed by atoms with Gasteiger partial charge in [0.15, 0.2) is 5.78 Å². The molecule has 0 saturated heterocycles. The van der Waals surface area contributed by atoms with Crippen molar-refractivity contribution < 1.29 is 4.79 Å². The van der Waals surface area contributed by atoms with Gasteiger partial charge < -0.3 is 4.90 Å². The molecule has 4 heteroatoms. The molecule has 1 aliphatic carbocycles. The minimum atomic E-state index is 0.0607. The van der Waals surface area contributed by atoms with Crippen molar-refractivity contribution in [3.63, 3.8) is 0 Å². The summed E-state index contributed by atoms with van der Waals surface area (Å²) in [5.41, 5.74) is 2.35. The molecule has 78 valence electrons. The van der Waals surface area contributed by atoms with Crippen molar-refractivity contribution in [2.45, 2.75) is 12.8 Å². The van der Waals surface area contributed by atoms with Crippen molar-refractivity contribution >= 4 is 5.78 Å². The van der Waals surface area contributed by atoms with E-state index in [0.29, 0.717) is 5.56 Å². The SMILES string of the molecule is CN(C)C=C1CCc2ncncc2C1=O. The molecule has 4 nitrogen and oxygen atoms in total. The van der Waals surface area contributed by atoms with E-state index >= 15 is 0 Å². The molecule has 0 amide bonds. The molecule has 0 atom stereocenters. The second-order valence-corrected chi connectivity index (χ2v) is 3.83. The van der Waals surface area contributed by atoms with E-state index < -0.39 is 0 Å². The number of allylic oxidation sites excluding steroid dienone is 1. The van der Waals surface area contributed by atoms with Gasteiger partial charge in [-0.25, -0.2) is 9.97 Å². The summed E-state index contributed by atoms with van der Waals surface area (Å²) in [5.74, 6) is 0.0607. The lowest BCUT2D eigenvalue weighted by Crippen LogP contribution is -2.18. The first kappa shape index (κ1) is 9.83. The average Bonchev–Trinajstić information content (AvgIpc) is 2.22. The Kier molecular flexibility index (Phi) is 2.49. The zero-order valence-corrected chi connectivity index (χ0v) is 8.90. The zero-order chi connectivity index (χ0) is 10.8. The Morgan fingerprint density at radius 3 is 2.93 bits per heavy atom. The summed E-state index contributed by atoms with van der Waals surface area (Å²) in [6, 6.07) is 0. The molecular formula is C11H13N3O. The predicted molar refractivity (Wildman–Crippen MR) is 56.5 cm³/mol. The lowest BCUT2D eigenvalue weighted by molar-refractivity contribution is 0.102. The molecule has 1 aliphatic rings. The van der Waals surface area contributed by atoms with Gasteiger partial charge in [-0.3, -0.25) is 4.79 Å². The molecule has 0 bridgehead atoms. The molecular weight excluding hydrogens is 190 g/mol. The lowest BCUT2D eigenvalue weighted by Gasteiger charge is -2.17. The summed E-state index contributed by atoms with van der Waals surface area (Å²) in [4.78, 5) is 21.9. The van der Waals surface area contributed by atoms with E-state index in [1.807, 2.05) is 25.2 Å². The van der Waals surface area contributed by atoms with Crippen LogP contribution in [0.15, 0.2) is 24.3 Å². The van der Waals surface area contributed by atoms with Crippen molar-refractivity contribution in [1.82, 2.24) is 14.9 Å². The van der Waals surface area contributed by atoms with Crippen LogP contribution in [0.2, 0.25) is 0 Å². The molecule has 0 fully saturated rings. The normalized spacial score (nSPS) is 17.7. The first-order valence-corrected chi connectivity index (χ1v) is 4.89. The van der Waals surface area contributed by atoms with Gasteiger partial charge in [0.1, 0.15) is 6.33 Å². The van der Waals surface area contributed by atoms with E-state index in [9.17, 15) is 4.79 Å². The molecule has 1 aromatic rings. The summed E-state index contributed by atoms with van der Waals surface area (Å²) in [7, 11) is 3.83. The van der Waals surface area contributed by atoms with Gasteiger partial charge in [-0.15, -0.1) is 0 Å². The second-order valence-electron chi connectivity index (χ2n) is 3.83. The van der Waals surface area contributed by atoms with Gasteiger partial charge in [0.05, 0.1) is 11.3 Å². The molecule has 0 radical (unpaired) electrons. The summed E-state index contributed by atoms with van der Waals surface area (Å²) >= 11 is 0. The zero-order valence-electron chi connectivity index (χ0n) is 8.90. The number of carbonyl (C=O) groups is 1. The first-order chi connectivity index (χ1) is 7.18. The largest absolute Gasteiger partial charge is 0.383 e. The molecule has 2 rings (SSSR count). The van der Waals surface area contributed by atoms with Crippen LogP contribution in [0.25, 0.3) is 0 Å². The fourth-order valence-electron chi connectivity index (χ4n) is 1.72. The number of fused-ring (bicyclic) bond motifs is 1. The molecule has 0 aromatic carbocycles. The lowest BCUT2D eigenvalue weighted by atomic mass is 9.92. The maximum atomic E-state index is 12.0. The van der Waals surface area contributed by atoms with Crippen LogP contribution < -0.4 is 0 Å². The molecule has 15 heavy (non-hydrogen) atoms. The monoisotopic (exact) mass is 203 g/mol. The van der Waals surface area contributed by atoms with Gasteiger partial charge in [0.2, 0.25) is 0 Å². The summed E-state index contributed by atoms with van der Waals surface area (Å²) < 4.78 is 0. The number of rotatable bonds is 1. The van der Waals surface area contributed by atoms with Crippen LogP contribution in [-0.4, -0.2) is 34.7 Å². The van der Waals surface area contributed by atoms with Crippen molar-refractivity contribution in [3.8, 4) is 0 Å². The van der Waals surface area contributed by atoms with Crippen molar-refractivity contribution in [3.05, 3.63) is 35.6 Å². The van der Waals surface area contributed by atoms with E-state index in [1.54, 1.807) is 6.20 Å². The fourth-order valence-corrected chi connectivity index (χ4v) is 1.72. The Labute approximate surface area is 88.7 Å². The van der Waals surface area contributed by atoms with Gasteiger partial charge in [-0.2, -0.15) is 0 Å². The van der Waals surface area contributed by atoms with E-state index in [0.717, 1.165) is 24.1 Å². The summed E-state index contributed by atoms with van der Waals surface area (Å²) in [6.07, 6.45) is 6.56. The Hall–Kier alpha value is -1.71. The minimum absolute atomic E-state index is 0.0607. The number of ketones is 1. The maximum absolute atomic E-state index is 12.0. The van der Waals surface area contributed by atoms with E-state index in [-0.39, 0.29) is 5.78 Å².